The topological polar surface area (TPSA) is 8.17 Å². The van der Waals surface area contributed by atoms with Gasteiger partial charge in [0, 0.05) is 33.1 Å². The predicted molar refractivity (Wildman–Crippen MR) is 276 cm³/mol. The van der Waals surface area contributed by atoms with E-state index in [1.807, 2.05) is 0 Å². The number of benzene rings is 9. The zero-order valence-electron chi connectivity index (χ0n) is 36.7. The summed E-state index contributed by atoms with van der Waals surface area (Å²) in [7, 11) is 0. The van der Waals surface area contributed by atoms with Gasteiger partial charge in [0.1, 0.15) is 0 Å². The van der Waals surface area contributed by atoms with Crippen molar-refractivity contribution in [1.82, 2.24) is 4.57 Å². The highest BCUT2D eigenvalue weighted by atomic mass is 15.2. The van der Waals surface area contributed by atoms with Crippen LogP contribution in [0.4, 0.5) is 17.1 Å². The summed E-state index contributed by atoms with van der Waals surface area (Å²) in [6.45, 7) is 4.81. The normalized spacial score (nSPS) is 14.0. The summed E-state index contributed by atoms with van der Waals surface area (Å²) >= 11 is 0. The van der Waals surface area contributed by atoms with Crippen LogP contribution in [0.3, 0.4) is 0 Å². The summed E-state index contributed by atoms with van der Waals surface area (Å²) < 4.78 is 2.54. The first-order valence-corrected chi connectivity index (χ1v) is 22.9. The van der Waals surface area contributed by atoms with Crippen LogP contribution in [0, 0.1) is 0 Å². The molecule has 0 fully saturated rings. The van der Waals surface area contributed by atoms with Crippen LogP contribution < -0.4 is 4.90 Å². The Hall–Kier alpha value is -7.94. The van der Waals surface area contributed by atoms with Crippen LogP contribution in [0.25, 0.3) is 77.6 Å². The Morgan fingerprint density at radius 1 is 0.400 bits per heavy atom. The first-order chi connectivity index (χ1) is 32.0. The van der Waals surface area contributed by atoms with Crippen LogP contribution in [-0.4, -0.2) is 4.57 Å². The number of nitrogens with zero attached hydrogens (tertiary/aromatic N) is 2. The Morgan fingerprint density at radius 2 is 0.923 bits per heavy atom. The molecule has 9 aromatic carbocycles. The molecule has 0 unspecified atom stereocenters. The third-order valence-electron chi connectivity index (χ3n) is 13.8. The predicted octanol–water partition coefficient (Wildman–Crippen LogP) is 17.3. The van der Waals surface area contributed by atoms with E-state index in [9.17, 15) is 0 Å². The number of hydrogen-bond acceptors (Lipinski definition) is 1. The molecule has 0 saturated heterocycles. The molecule has 12 rings (SSSR count). The fourth-order valence-electron chi connectivity index (χ4n) is 10.4. The Labute approximate surface area is 381 Å². The SMILES string of the molecule is CC1(C)c2cc(-c3ccccc3)ccc2N(c2ccc(-c3ccccc3)cc2)c2ccc(-n3c4ccc(C5=CCCC=C5)cc4c4cc(-c5ccccc5)cc(-c5ccccc5)c43)cc21. The number of rotatable bonds is 7. The molecule has 0 bridgehead atoms. The van der Waals surface area contributed by atoms with E-state index in [0.29, 0.717) is 0 Å². The van der Waals surface area contributed by atoms with Gasteiger partial charge in [0.15, 0.2) is 0 Å². The van der Waals surface area contributed by atoms with Crippen LogP contribution >= 0.6 is 0 Å². The highest BCUT2D eigenvalue weighted by molar-refractivity contribution is 6.16. The molecule has 0 radical (unpaired) electrons. The third-order valence-corrected chi connectivity index (χ3v) is 13.8. The zero-order valence-corrected chi connectivity index (χ0v) is 36.7. The van der Waals surface area contributed by atoms with Gasteiger partial charge in [0.05, 0.1) is 22.4 Å². The van der Waals surface area contributed by atoms with Gasteiger partial charge < -0.3 is 9.47 Å². The summed E-state index contributed by atoms with van der Waals surface area (Å²) in [4.78, 5) is 2.48. The minimum Gasteiger partial charge on any atom is -0.310 e. The van der Waals surface area contributed by atoms with E-state index in [0.717, 1.165) is 24.2 Å². The number of hydrogen-bond donors (Lipinski definition) is 0. The van der Waals surface area contributed by atoms with Crippen LogP contribution in [0.15, 0.2) is 231 Å². The van der Waals surface area contributed by atoms with Crippen molar-refractivity contribution in [2.45, 2.75) is 32.1 Å². The van der Waals surface area contributed by atoms with Gasteiger partial charge in [0.2, 0.25) is 0 Å². The molecule has 2 heterocycles. The monoisotopic (exact) mass is 832 g/mol. The lowest BCUT2D eigenvalue weighted by atomic mass is 9.72. The highest BCUT2D eigenvalue weighted by Gasteiger charge is 2.38. The average molecular weight is 833 g/mol. The quantitative estimate of drug-likeness (QED) is 0.155. The minimum absolute atomic E-state index is 0.333. The molecule has 2 heteroatoms. The maximum Gasteiger partial charge on any atom is 0.0619 e. The fraction of sp³-hybridized carbons (Fsp3) is 0.0794. The van der Waals surface area contributed by atoms with Crippen LogP contribution in [0.2, 0.25) is 0 Å². The minimum atomic E-state index is -0.333. The summed E-state index contributed by atoms with van der Waals surface area (Å²) in [5.74, 6) is 0. The molecule has 10 aromatic rings. The first kappa shape index (κ1) is 38.7. The lowest BCUT2D eigenvalue weighted by Crippen LogP contribution is -2.31. The van der Waals surface area contributed by atoms with E-state index in [4.69, 9.17) is 0 Å². The highest BCUT2D eigenvalue weighted by Crippen LogP contribution is 2.54. The Morgan fingerprint density at radius 3 is 1.57 bits per heavy atom. The summed E-state index contributed by atoms with van der Waals surface area (Å²) in [6.07, 6.45) is 9.15. The molecular weight excluding hydrogens is 785 g/mol. The van der Waals surface area contributed by atoms with Crippen LogP contribution in [0.1, 0.15) is 43.4 Å². The molecule has 1 aliphatic carbocycles. The van der Waals surface area contributed by atoms with Crippen LogP contribution in [-0.2, 0) is 5.41 Å². The van der Waals surface area contributed by atoms with E-state index < -0.39 is 0 Å². The Balaban J connectivity index is 1.11. The van der Waals surface area contributed by atoms with Gasteiger partial charge in [0.25, 0.3) is 0 Å². The second-order valence-corrected chi connectivity index (χ2v) is 18.0. The van der Waals surface area contributed by atoms with Gasteiger partial charge in [-0.15, -0.1) is 0 Å². The van der Waals surface area contributed by atoms with Gasteiger partial charge in [-0.3, -0.25) is 0 Å². The third kappa shape index (κ3) is 6.64. The smallest absolute Gasteiger partial charge is 0.0619 e. The van der Waals surface area contributed by atoms with Crippen molar-refractivity contribution in [2.24, 2.45) is 0 Å². The molecule has 1 aromatic heterocycles. The van der Waals surface area contributed by atoms with Crippen molar-refractivity contribution in [2.75, 3.05) is 4.90 Å². The van der Waals surface area contributed by atoms with Crippen molar-refractivity contribution < 1.29 is 0 Å². The number of aromatic nitrogens is 1. The van der Waals surface area contributed by atoms with Crippen molar-refractivity contribution in [3.8, 4) is 50.2 Å². The lowest BCUT2D eigenvalue weighted by molar-refractivity contribution is 0.631. The van der Waals surface area contributed by atoms with E-state index >= 15 is 0 Å². The molecule has 2 nitrogen and oxygen atoms in total. The van der Waals surface area contributed by atoms with Crippen LogP contribution in [0.5, 0.6) is 0 Å². The summed E-state index contributed by atoms with van der Waals surface area (Å²) in [6, 6.07) is 78.5. The van der Waals surface area contributed by atoms with Gasteiger partial charge in [-0.05, 0) is 141 Å². The summed E-state index contributed by atoms with van der Waals surface area (Å²) in [5, 5.41) is 2.50. The summed E-state index contributed by atoms with van der Waals surface area (Å²) in [5.41, 5.74) is 21.6. The largest absolute Gasteiger partial charge is 0.310 e. The molecule has 65 heavy (non-hydrogen) atoms. The van der Waals surface area contributed by atoms with E-state index in [2.05, 4.69) is 254 Å². The van der Waals surface area contributed by atoms with E-state index in [-0.39, 0.29) is 5.41 Å². The standard InChI is InChI=1S/C63H48N2/c1-63(2)57-41-50(45-22-12-5-13-23-45)31-36-60(57)64(52-32-28-47(29-33-52)43-18-8-3-9-19-43)61-37-34-53(42-58(61)63)65-59-35-30-49(44-20-10-4-11-21-44)38-55(59)56-40-51(46-24-14-6-15-25-46)39-54(62(56)65)48-26-16-7-17-27-48/h3,5-10,12-42H,4,11H2,1-2H3. The van der Waals surface area contributed by atoms with E-state index in [1.54, 1.807) is 0 Å². The Bertz CT molecular complexity index is 3470. The molecule has 0 saturated carbocycles. The fourth-order valence-corrected chi connectivity index (χ4v) is 10.4. The molecule has 1 aliphatic heterocycles. The molecule has 0 atom stereocenters. The maximum atomic E-state index is 2.54. The number of fused-ring (bicyclic) bond motifs is 5. The second-order valence-electron chi connectivity index (χ2n) is 18.0. The molecule has 310 valence electrons. The average Bonchev–Trinajstić information content (AvgIpc) is 3.71. The van der Waals surface area contributed by atoms with Gasteiger partial charge in [-0.1, -0.05) is 178 Å². The lowest BCUT2D eigenvalue weighted by Gasteiger charge is -2.42. The van der Waals surface area contributed by atoms with Gasteiger partial charge in [-0.25, -0.2) is 0 Å². The number of allylic oxidation sites excluding steroid dienone is 4. The van der Waals surface area contributed by atoms with Crippen molar-refractivity contribution in [3.05, 3.63) is 247 Å². The zero-order chi connectivity index (χ0) is 43.5. The first-order valence-electron chi connectivity index (χ1n) is 22.9. The Kier molecular flexibility index (Phi) is 9.35. The molecule has 0 N–H and O–H groups in total. The van der Waals surface area contributed by atoms with Crippen molar-refractivity contribution in [3.63, 3.8) is 0 Å². The molecule has 0 spiro atoms. The number of anilines is 3. The maximum absolute atomic E-state index is 2.54. The second kappa shape index (κ2) is 15.7. The van der Waals surface area contributed by atoms with Gasteiger partial charge >= 0.3 is 0 Å². The molecule has 0 amide bonds. The van der Waals surface area contributed by atoms with Crippen molar-refractivity contribution >= 4 is 44.4 Å². The van der Waals surface area contributed by atoms with E-state index in [1.165, 1.54) is 100.0 Å². The van der Waals surface area contributed by atoms with Crippen molar-refractivity contribution in [1.29, 1.82) is 0 Å². The molecule has 2 aliphatic rings. The molecular formula is C63H48N2. The van der Waals surface area contributed by atoms with Gasteiger partial charge in [-0.2, -0.15) is 0 Å².